The van der Waals surface area contributed by atoms with Gasteiger partial charge in [0, 0.05) is 23.0 Å². The zero-order valence-electron chi connectivity index (χ0n) is 15.6. The minimum Gasteiger partial charge on any atom is -0.508 e. The molecule has 0 saturated heterocycles. The Morgan fingerprint density at radius 3 is 2.50 bits per heavy atom. The van der Waals surface area contributed by atoms with Gasteiger partial charge in [-0.2, -0.15) is 5.10 Å². The molecule has 6 heteroatoms. The van der Waals surface area contributed by atoms with Gasteiger partial charge in [-0.3, -0.25) is 0 Å². The summed E-state index contributed by atoms with van der Waals surface area (Å²) in [4.78, 5) is 13.0. The number of amides is 2. The van der Waals surface area contributed by atoms with Crippen LogP contribution in [0.5, 0.6) is 5.75 Å². The molecule has 0 aromatic heterocycles. The zero-order chi connectivity index (χ0) is 19.5. The fourth-order valence-corrected chi connectivity index (χ4v) is 4.14. The van der Waals surface area contributed by atoms with Crippen molar-refractivity contribution >= 4 is 23.3 Å². The van der Waals surface area contributed by atoms with E-state index in [1.807, 2.05) is 36.4 Å². The molecule has 1 saturated carbocycles. The Hall–Kier alpha value is -2.53. The van der Waals surface area contributed by atoms with Crippen molar-refractivity contribution in [3.05, 3.63) is 64.7 Å². The number of phenolic OH excluding ortho intramolecular Hbond substituents is 1. The summed E-state index contributed by atoms with van der Waals surface area (Å²) in [5.41, 5.74) is 2.44. The average Bonchev–Trinajstić information content (AvgIpc) is 3.15. The Kier molecular flexibility index (Phi) is 5.53. The molecule has 1 atom stereocenters. The van der Waals surface area contributed by atoms with Crippen molar-refractivity contribution in [1.82, 2.24) is 10.3 Å². The highest BCUT2D eigenvalue weighted by Gasteiger charge is 2.35. The van der Waals surface area contributed by atoms with Crippen LogP contribution in [0.25, 0.3) is 0 Å². The molecule has 2 amide bonds. The van der Waals surface area contributed by atoms with Crippen LogP contribution in [0, 0.1) is 0 Å². The van der Waals surface area contributed by atoms with Gasteiger partial charge in [0.25, 0.3) is 0 Å². The highest BCUT2D eigenvalue weighted by molar-refractivity contribution is 6.30. The highest BCUT2D eigenvalue weighted by Crippen LogP contribution is 2.37. The molecule has 2 aromatic rings. The number of carbonyl (C=O) groups excluding carboxylic acids is 1. The third-order valence-electron chi connectivity index (χ3n) is 5.52. The van der Waals surface area contributed by atoms with E-state index < -0.39 is 0 Å². The maximum Gasteiger partial charge on any atom is 0.338 e. The number of hydrazone groups is 1. The molecule has 1 fully saturated rings. The van der Waals surface area contributed by atoms with Crippen LogP contribution in [0.2, 0.25) is 5.02 Å². The van der Waals surface area contributed by atoms with Gasteiger partial charge in [-0.15, -0.1) is 0 Å². The summed E-state index contributed by atoms with van der Waals surface area (Å²) in [6.07, 6.45) is 6.08. The van der Waals surface area contributed by atoms with Gasteiger partial charge in [0.15, 0.2) is 0 Å². The predicted molar refractivity (Wildman–Crippen MR) is 111 cm³/mol. The number of halogens is 1. The Balaban J connectivity index is 1.62. The number of hydrogen-bond acceptors (Lipinski definition) is 3. The SMILES string of the molecule is O=C(NC1CCCCC1)N1N=C(c2ccc(Cl)cc2)C[C@H]1c1ccccc1O. The smallest absolute Gasteiger partial charge is 0.338 e. The zero-order valence-corrected chi connectivity index (χ0v) is 16.4. The maximum atomic E-state index is 13.0. The van der Waals surface area contributed by atoms with Crippen LogP contribution in [-0.2, 0) is 0 Å². The van der Waals surface area contributed by atoms with Gasteiger partial charge in [-0.25, -0.2) is 9.80 Å². The van der Waals surface area contributed by atoms with E-state index in [9.17, 15) is 9.90 Å². The van der Waals surface area contributed by atoms with Crippen LogP contribution in [0.15, 0.2) is 53.6 Å². The summed E-state index contributed by atoms with van der Waals surface area (Å²) in [6, 6.07) is 14.2. The van der Waals surface area contributed by atoms with E-state index in [0.717, 1.165) is 37.0 Å². The van der Waals surface area contributed by atoms with Gasteiger partial charge in [0.05, 0.1) is 11.8 Å². The molecule has 1 aliphatic carbocycles. The molecule has 0 radical (unpaired) electrons. The maximum absolute atomic E-state index is 13.0. The number of nitrogens with one attached hydrogen (secondary N) is 1. The molecule has 2 N–H and O–H groups in total. The standard InChI is InChI=1S/C22H24ClN3O2/c23-16-12-10-15(11-13-16)19-14-20(18-8-4-5-9-21(18)27)26(25-19)22(28)24-17-6-2-1-3-7-17/h4-5,8-13,17,20,27H,1-3,6-7,14H2,(H,24,28)/t20-/m0/s1. The number of phenols is 1. The molecule has 0 spiro atoms. The Morgan fingerprint density at radius 1 is 1.07 bits per heavy atom. The van der Waals surface area contributed by atoms with E-state index in [2.05, 4.69) is 10.4 Å². The molecule has 4 rings (SSSR count). The van der Waals surface area contributed by atoms with Crippen LogP contribution in [-0.4, -0.2) is 27.9 Å². The van der Waals surface area contributed by atoms with Gasteiger partial charge in [-0.1, -0.05) is 61.2 Å². The van der Waals surface area contributed by atoms with Crippen molar-refractivity contribution in [3.8, 4) is 5.75 Å². The number of hydrogen-bond donors (Lipinski definition) is 2. The molecule has 28 heavy (non-hydrogen) atoms. The largest absolute Gasteiger partial charge is 0.508 e. The number of para-hydroxylation sites is 1. The number of urea groups is 1. The quantitative estimate of drug-likeness (QED) is 0.743. The lowest BCUT2D eigenvalue weighted by molar-refractivity contribution is 0.178. The number of aromatic hydroxyl groups is 1. The van der Waals surface area contributed by atoms with Gasteiger partial charge >= 0.3 is 6.03 Å². The fourth-order valence-electron chi connectivity index (χ4n) is 4.01. The summed E-state index contributed by atoms with van der Waals surface area (Å²) in [5, 5.41) is 20.3. The minimum absolute atomic E-state index is 0.176. The lowest BCUT2D eigenvalue weighted by Gasteiger charge is -2.27. The molecule has 2 aromatic carbocycles. The van der Waals surface area contributed by atoms with Crippen molar-refractivity contribution in [2.24, 2.45) is 5.10 Å². The summed E-state index contributed by atoms with van der Waals surface area (Å²) in [6.45, 7) is 0. The Labute approximate surface area is 170 Å². The second kappa shape index (κ2) is 8.23. The average molecular weight is 398 g/mol. The van der Waals surface area contributed by atoms with Crippen molar-refractivity contribution < 1.29 is 9.90 Å². The summed E-state index contributed by atoms with van der Waals surface area (Å²) >= 11 is 6.00. The van der Waals surface area contributed by atoms with Crippen LogP contribution >= 0.6 is 11.6 Å². The van der Waals surface area contributed by atoms with Gasteiger partial charge in [-0.05, 0) is 36.6 Å². The van der Waals surface area contributed by atoms with Crippen molar-refractivity contribution in [3.63, 3.8) is 0 Å². The lowest BCUT2D eigenvalue weighted by atomic mass is 9.95. The first-order valence-corrected chi connectivity index (χ1v) is 10.2. The number of nitrogens with zero attached hydrogens (tertiary/aromatic N) is 2. The van der Waals surface area contributed by atoms with Gasteiger partial charge < -0.3 is 10.4 Å². The summed E-state index contributed by atoms with van der Waals surface area (Å²) in [7, 11) is 0. The second-order valence-electron chi connectivity index (χ2n) is 7.46. The molecule has 2 aliphatic rings. The predicted octanol–water partition coefficient (Wildman–Crippen LogP) is 5.24. The van der Waals surface area contributed by atoms with Crippen molar-refractivity contribution in [2.75, 3.05) is 0 Å². The molecule has 0 unspecified atom stereocenters. The summed E-state index contributed by atoms with van der Waals surface area (Å²) in [5.74, 6) is 0.176. The monoisotopic (exact) mass is 397 g/mol. The van der Waals surface area contributed by atoms with Crippen molar-refractivity contribution in [1.29, 1.82) is 0 Å². The van der Waals surface area contributed by atoms with E-state index in [1.165, 1.54) is 11.4 Å². The summed E-state index contributed by atoms with van der Waals surface area (Å²) < 4.78 is 0. The third-order valence-corrected chi connectivity index (χ3v) is 5.78. The van der Waals surface area contributed by atoms with E-state index >= 15 is 0 Å². The molecule has 0 bridgehead atoms. The molecular weight excluding hydrogens is 374 g/mol. The highest BCUT2D eigenvalue weighted by atomic mass is 35.5. The normalized spacial score (nSPS) is 20.1. The fraction of sp³-hybridized carbons (Fsp3) is 0.364. The molecule has 146 valence electrons. The van der Waals surface area contributed by atoms with Crippen LogP contribution in [0.3, 0.4) is 0 Å². The van der Waals surface area contributed by atoms with E-state index in [-0.39, 0.29) is 23.9 Å². The van der Waals surface area contributed by atoms with E-state index in [0.29, 0.717) is 17.0 Å². The van der Waals surface area contributed by atoms with Gasteiger partial charge in [0.1, 0.15) is 5.75 Å². The topological polar surface area (TPSA) is 64.9 Å². The first-order valence-electron chi connectivity index (χ1n) is 9.83. The van der Waals surface area contributed by atoms with Crippen molar-refractivity contribution in [2.45, 2.75) is 50.6 Å². The van der Waals surface area contributed by atoms with E-state index in [1.54, 1.807) is 12.1 Å². The number of carbonyl (C=O) groups is 1. The van der Waals surface area contributed by atoms with E-state index in [4.69, 9.17) is 11.6 Å². The second-order valence-corrected chi connectivity index (χ2v) is 7.90. The molecule has 5 nitrogen and oxygen atoms in total. The van der Waals surface area contributed by atoms with Crippen LogP contribution in [0.1, 0.15) is 55.7 Å². The number of benzene rings is 2. The Morgan fingerprint density at radius 2 is 1.79 bits per heavy atom. The minimum atomic E-state index is -0.338. The Bertz CT molecular complexity index is 876. The first-order chi connectivity index (χ1) is 13.6. The van der Waals surface area contributed by atoms with Gasteiger partial charge in [0.2, 0.25) is 0 Å². The third kappa shape index (κ3) is 3.99. The first kappa shape index (κ1) is 18.8. The lowest BCUT2D eigenvalue weighted by Crippen LogP contribution is -2.43. The van der Waals surface area contributed by atoms with Crippen LogP contribution < -0.4 is 5.32 Å². The molecular formula is C22H24ClN3O2. The molecule has 1 aliphatic heterocycles. The van der Waals surface area contributed by atoms with Crippen LogP contribution in [0.4, 0.5) is 4.79 Å². The number of rotatable bonds is 3. The molecule has 1 heterocycles.